The third kappa shape index (κ3) is 5.53. The van der Waals surface area contributed by atoms with Gasteiger partial charge in [-0.2, -0.15) is 0 Å². The van der Waals surface area contributed by atoms with Crippen LogP contribution in [0, 0.1) is 0 Å². The minimum atomic E-state index is -0.684. The average Bonchev–Trinajstić information content (AvgIpc) is 3.41. The molecule has 2 aromatic carbocycles. The van der Waals surface area contributed by atoms with Crippen LogP contribution in [0.3, 0.4) is 0 Å². The van der Waals surface area contributed by atoms with Crippen molar-refractivity contribution in [2.24, 2.45) is 0 Å². The first kappa shape index (κ1) is 25.7. The number of rotatable bonds is 6. The fourth-order valence-corrected chi connectivity index (χ4v) is 4.70. The third-order valence-corrected chi connectivity index (χ3v) is 6.23. The van der Waals surface area contributed by atoms with Gasteiger partial charge in [-0.3, -0.25) is 9.69 Å². The summed E-state index contributed by atoms with van der Waals surface area (Å²) >= 11 is 12.6. The van der Waals surface area contributed by atoms with Crippen molar-refractivity contribution in [1.82, 2.24) is 10.2 Å². The van der Waals surface area contributed by atoms with Gasteiger partial charge in [0.2, 0.25) is 5.76 Å². The van der Waals surface area contributed by atoms with Crippen LogP contribution < -0.4 is 10.1 Å². The molecule has 0 unspecified atom stereocenters. The quantitative estimate of drug-likeness (QED) is 0.163. The summed E-state index contributed by atoms with van der Waals surface area (Å²) in [6, 6.07) is 11.6. The van der Waals surface area contributed by atoms with Crippen molar-refractivity contribution in [3.8, 4) is 5.75 Å². The topological polar surface area (TPSA) is 115 Å². The van der Waals surface area contributed by atoms with Crippen LogP contribution >= 0.6 is 43.5 Å². The smallest absolute Gasteiger partial charge is 0.373 e. The molecule has 1 aromatic heterocycles. The van der Waals surface area contributed by atoms with E-state index in [-0.39, 0.29) is 35.1 Å². The molecule has 2 heterocycles. The van der Waals surface area contributed by atoms with Crippen LogP contribution in [0.5, 0.6) is 5.75 Å². The lowest BCUT2D eigenvalue weighted by atomic mass is 10.1. The molecule has 1 aliphatic rings. The summed E-state index contributed by atoms with van der Waals surface area (Å²) in [4.78, 5) is 50.7. The summed E-state index contributed by atoms with van der Waals surface area (Å²) in [7, 11) is 1.21. The Bertz CT molecular complexity index is 1420. The predicted octanol–water partition coefficient (Wildman–Crippen LogP) is 5.56. The van der Waals surface area contributed by atoms with E-state index in [1.54, 1.807) is 24.3 Å². The summed E-state index contributed by atoms with van der Waals surface area (Å²) in [5.41, 5.74) is 0.567. The van der Waals surface area contributed by atoms with E-state index in [1.807, 2.05) is 0 Å². The molecular formula is C24H15Br2ClN2O7. The highest BCUT2D eigenvalue weighted by Crippen LogP contribution is 2.35. The zero-order chi connectivity index (χ0) is 26.0. The number of amides is 3. The number of ether oxygens (including phenoxy) is 2. The Labute approximate surface area is 226 Å². The second-order valence-corrected chi connectivity index (χ2v) is 9.55. The van der Waals surface area contributed by atoms with Gasteiger partial charge in [0.25, 0.3) is 5.91 Å². The average molecular weight is 639 g/mol. The van der Waals surface area contributed by atoms with Gasteiger partial charge in [-0.25, -0.2) is 14.4 Å². The standard InChI is InChI=1S/C24H15Br2ClN2O7/c1-34-23(32)19-7-6-16(35-19)11-29-21(30)18(28-24(29)33)9-13-8-14(25)10-17(26)20(13)36-22(31)12-2-4-15(27)5-3-12/h2-10H,11H2,1H3,(H,28,33)/b18-9+. The van der Waals surface area contributed by atoms with Gasteiger partial charge < -0.3 is 19.2 Å². The molecule has 36 heavy (non-hydrogen) atoms. The molecule has 4 rings (SSSR count). The van der Waals surface area contributed by atoms with Crippen molar-refractivity contribution in [2.75, 3.05) is 7.11 Å². The molecule has 1 saturated heterocycles. The number of nitrogens with one attached hydrogen (secondary N) is 1. The number of halogens is 3. The van der Waals surface area contributed by atoms with E-state index in [9.17, 15) is 19.2 Å². The van der Waals surface area contributed by atoms with Gasteiger partial charge in [0.05, 0.1) is 23.7 Å². The number of urea groups is 1. The monoisotopic (exact) mass is 636 g/mol. The number of esters is 2. The van der Waals surface area contributed by atoms with Crippen LogP contribution in [0.15, 0.2) is 67.6 Å². The number of carbonyl (C=O) groups is 4. The zero-order valence-corrected chi connectivity index (χ0v) is 22.3. The highest BCUT2D eigenvalue weighted by molar-refractivity contribution is 9.11. The van der Waals surface area contributed by atoms with Crippen molar-refractivity contribution in [3.05, 3.63) is 90.8 Å². The lowest BCUT2D eigenvalue weighted by Gasteiger charge is -2.12. The molecule has 1 fully saturated rings. The molecule has 1 aliphatic heterocycles. The molecule has 9 nitrogen and oxygen atoms in total. The number of hydrogen-bond donors (Lipinski definition) is 1. The number of methoxy groups -OCH3 is 1. The molecule has 184 valence electrons. The SMILES string of the molecule is COC(=O)c1ccc(CN2C(=O)N/C(=C/c3cc(Br)cc(Br)c3OC(=O)c3ccc(Cl)cc3)C2=O)o1. The Kier molecular flexibility index (Phi) is 7.62. The number of carbonyl (C=O) groups excluding carboxylic acids is 4. The third-order valence-electron chi connectivity index (χ3n) is 4.94. The van der Waals surface area contributed by atoms with Crippen LogP contribution in [-0.4, -0.2) is 35.9 Å². The molecule has 1 N–H and O–H groups in total. The zero-order valence-electron chi connectivity index (χ0n) is 18.3. The molecule has 0 aliphatic carbocycles. The maximum Gasteiger partial charge on any atom is 0.373 e. The first-order valence-electron chi connectivity index (χ1n) is 10.1. The van der Waals surface area contributed by atoms with Gasteiger partial charge in [-0.15, -0.1) is 0 Å². The number of benzene rings is 2. The normalized spacial score (nSPS) is 14.2. The second kappa shape index (κ2) is 10.7. The predicted molar refractivity (Wildman–Crippen MR) is 135 cm³/mol. The van der Waals surface area contributed by atoms with Gasteiger partial charge in [-0.05, 0) is 70.5 Å². The Morgan fingerprint density at radius 2 is 1.81 bits per heavy atom. The summed E-state index contributed by atoms with van der Waals surface area (Å²) in [6.07, 6.45) is 1.39. The molecule has 0 spiro atoms. The van der Waals surface area contributed by atoms with Crippen LogP contribution in [0.2, 0.25) is 5.02 Å². The first-order valence-corrected chi connectivity index (χ1v) is 12.1. The highest BCUT2D eigenvalue weighted by Gasteiger charge is 2.35. The number of furan rings is 1. The maximum atomic E-state index is 13.0. The maximum absolute atomic E-state index is 13.0. The fourth-order valence-electron chi connectivity index (χ4n) is 3.23. The Morgan fingerprint density at radius 3 is 2.50 bits per heavy atom. The van der Waals surface area contributed by atoms with Gasteiger partial charge in [0.1, 0.15) is 11.5 Å². The van der Waals surface area contributed by atoms with E-state index >= 15 is 0 Å². The summed E-state index contributed by atoms with van der Waals surface area (Å²) in [5.74, 6) is -1.66. The van der Waals surface area contributed by atoms with E-state index in [2.05, 4.69) is 41.9 Å². The summed E-state index contributed by atoms with van der Waals surface area (Å²) < 4.78 is 16.6. The highest BCUT2D eigenvalue weighted by atomic mass is 79.9. The van der Waals surface area contributed by atoms with Crippen molar-refractivity contribution < 1.29 is 33.1 Å². The Balaban J connectivity index is 1.59. The molecule has 0 saturated carbocycles. The van der Waals surface area contributed by atoms with Crippen molar-refractivity contribution in [1.29, 1.82) is 0 Å². The van der Waals surface area contributed by atoms with E-state index < -0.39 is 23.9 Å². The minimum Gasteiger partial charge on any atom is -0.463 e. The molecule has 3 amide bonds. The Hall–Kier alpha value is -3.41. The van der Waals surface area contributed by atoms with E-state index in [4.69, 9.17) is 20.8 Å². The van der Waals surface area contributed by atoms with E-state index in [0.29, 0.717) is 19.5 Å². The molecule has 0 radical (unpaired) electrons. The van der Waals surface area contributed by atoms with E-state index in [0.717, 1.165) is 4.90 Å². The van der Waals surface area contributed by atoms with Crippen LogP contribution in [0.25, 0.3) is 6.08 Å². The largest absolute Gasteiger partial charge is 0.463 e. The van der Waals surface area contributed by atoms with Crippen LogP contribution in [0.4, 0.5) is 4.79 Å². The molecule has 12 heteroatoms. The first-order chi connectivity index (χ1) is 17.2. The molecular weight excluding hydrogens is 624 g/mol. The van der Waals surface area contributed by atoms with Gasteiger partial charge >= 0.3 is 18.0 Å². The fraction of sp³-hybridized carbons (Fsp3) is 0.0833. The second-order valence-electron chi connectivity index (χ2n) is 7.34. The number of nitrogens with zero attached hydrogens (tertiary/aromatic N) is 1. The van der Waals surface area contributed by atoms with Crippen molar-refractivity contribution >= 4 is 73.4 Å². The molecule has 0 atom stereocenters. The van der Waals surface area contributed by atoms with Crippen molar-refractivity contribution in [3.63, 3.8) is 0 Å². The van der Waals surface area contributed by atoms with Gasteiger partial charge in [-0.1, -0.05) is 27.5 Å². The minimum absolute atomic E-state index is 0.0476. The summed E-state index contributed by atoms with van der Waals surface area (Å²) in [5, 5.41) is 2.97. The molecule has 0 bridgehead atoms. The summed E-state index contributed by atoms with van der Waals surface area (Å²) in [6.45, 7) is -0.209. The van der Waals surface area contributed by atoms with Crippen LogP contribution in [-0.2, 0) is 16.1 Å². The van der Waals surface area contributed by atoms with Gasteiger partial charge in [0, 0.05) is 15.1 Å². The number of imide groups is 1. The Morgan fingerprint density at radius 1 is 1.08 bits per heavy atom. The lowest BCUT2D eigenvalue weighted by molar-refractivity contribution is -0.123. The van der Waals surface area contributed by atoms with E-state index in [1.165, 1.54) is 37.5 Å². The van der Waals surface area contributed by atoms with Crippen LogP contribution in [0.1, 0.15) is 32.2 Å². The lowest BCUT2D eigenvalue weighted by Crippen LogP contribution is -2.30. The van der Waals surface area contributed by atoms with Gasteiger partial charge in [0.15, 0.2) is 5.75 Å². The van der Waals surface area contributed by atoms with Crippen molar-refractivity contribution in [2.45, 2.75) is 6.54 Å². The molecule has 3 aromatic rings. The number of hydrogen-bond acceptors (Lipinski definition) is 7.